The largest absolute Gasteiger partial charge is 0.325 e. The summed E-state index contributed by atoms with van der Waals surface area (Å²) < 4.78 is 13.5. The summed E-state index contributed by atoms with van der Waals surface area (Å²) in [7, 11) is 0. The van der Waals surface area contributed by atoms with Gasteiger partial charge in [-0.3, -0.25) is 4.79 Å². The maximum absolute atomic E-state index is 13.5. The van der Waals surface area contributed by atoms with E-state index >= 15 is 0 Å². The van der Waals surface area contributed by atoms with E-state index in [1.807, 2.05) is 68.4 Å². The second kappa shape index (κ2) is 10.5. The zero-order valence-electron chi connectivity index (χ0n) is 19.7. The third-order valence-electron chi connectivity index (χ3n) is 5.58. The number of nitriles is 1. The van der Waals surface area contributed by atoms with E-state index in [4.69, 9.17) is 4.98 Å². The molecule has 0 saturated heterocycles. The molecule has 0 fully saturated rings. The highest BCUT2D eigenvalue weighted by molar-refractivity contribution is 8.00. The minimum atomic E-state index is -0.509. The third kappa shape index (κ3) is 5.76. The monoisotopic (exact) mass is 481 g/mol. The molecule has 0 aliphatic rings. The Bertz CT molecular complexity index is 1390. The van der Waals surface area contributed by atoms with Crippen LogP contribution in [-0.4, -0.2) is 16.1 Å². The lowest BCUT2D eigenvalue weighted by molar-refractivity contribution is -0.115. The normalized spacial score (nSPS) is 11.5. The van der Waals surface area contributed by atoms with Crippen molar-refractivity contribution in [3.63, 3.8) is 0 Å². The smallest absolute Gasteiger partial charge is 0.237 e. The quantitative estimate of drug-likeness (QED) is 0.297. The topological polar surface area (TPSA) is 65.8 Å². The highest BCUT2D eigenvalue weighted by Gasteiger charge is 2.21. The van der Waals surface area contributed by atoms with Gasteiger partial charge in [0.25, 0.3) is 0 Å². The average molecular weight is 482 g/mol. The predicted octanol–water partition coefficient (Wildman–Crippen LogP) is 7.16. The summed E-state index contributed by atoms with van der Waals surface area (Å²) in [6.07, 6.45) is 0. The third-order valence-corrected chi connectivity index (χ3v) is 6.66. The Morgan fingerprint density at radius 1 is 0.943 bits per heavy atom. The molecule has 0 radical (unpaired) electrons. The average Bonchev–Trinajstić information content (AvgIpc) is 2.86. The molecule has 174 valence electrons. The number of aryl methyl sites for hydroxylation is 2. The first-order valence-electron chi connectivity index (χ1n) is 11.2. The summed E-state index contributed by atoms with van der Waals surface area (Å²) in [4.78, 5) is 17.6. The number of hydrogen-bond donors (Lipinski definition) is 1. The van der Waals surface area contributed by atoms with Crippen LogP contribution in [0.1, 0.15) is 23.6 Å². The Kier molecular flexibility index (Phi) is 7.28. The summed E-state index contributed by atoms with van der Waals surface area (Å²) in [6.45, 7) is 5.77. The van der Waals surface area contributed by atoms with Crippen LogP contribution < -0.4 is 5.32 Å². The number of benzene rings is 3. The first kappa shape index (κ1) is 24.2. The molecule has 3 aromatic carbocycles. The van der Waals surface area contributed by atoms with Gasteiger partial charge >= 0.3 is 0 Å². The lowest BCUT2D eigenvalue weighted by Gasteiger charge is -2.16. The van der Waals surface area contributed by atoms with Gasteiger partial charge in [-0.2, -0.15) is 5.26 Å². The van der Waals surface area contributed by atoms with Gasteiger partial charge in [-0.15, -0.1) is 0 Å². The van der Waals surface area contributed by atoms with E-state index in [-0.39, 0.29) is 11.7 Å². The molecule has 1 aromatic heterocycles. The van der Waals surface area contributed by atoms with Gasteiger partial charge in [0.05, 0.1) is 16.5 Å². The van der Waals surface area contributed by atoms with Gasteiger partial charge < -0.3 is 5.32 Å². The van der Waals surface area contributed by atoms with Gasteiger partial charge in [0.1, 0.15) is 16.9 Å². The first-order valence-corrected chi connectivity index (χ1v) is 12.0. The number of aromatic nitrogens is 1. The summed E-state index contributed by atoms with van der Waals surface area (Å²) in [5, 5.41) is 12.9. The van der Waals surface area contributed by atoms with E-state index in [1.165, 1.54) is 23.9 Å². The highest BCUT2D eigenvalue weighted by atomic mass is 32.2. The maximum atomic E-state index is 13.5. The standard InChI is InChI=1S/C29H24FN3OS/c1-18-4-8-21(9-5-18)25-16-27(22-10-12-23(30)13-11-22)33-29(26(25)17-31)35-20(3)28(34)32-24-14-6-19(2)7-15-24/h4-16,20H,1-3H3,(H,32,34). The van der Waals surface area contributed by atoms with Crippen LogP contribution in [0, 0.1) is 31.0 Å². The zero-order valence-corrected chi connectivity index (χ0v) is 20.5. The van der Waals surface area contributed by atoms with Gasteiger partial charge in [-0.05, 0) is 68.8 Å². The Labute approximate surface area is 208 Å². The molecule has 0 aliphatic heterocycles. The summed E-state index contributed by atoms with van der Waals surface area (Å²) in [5.74, 6) is -0.522. The van der Waals surface area contributed by atoms with E-state index in [2.05, 4.69) is 11.4 Å². The highest BCUT2D eigenvalue weighted by Crippen LogP contribution is 2.36. The molecule has 1 heterocycles. The fourth-order valence-electron chi connectivity index (χ4n) is 3.55. The second-order valence-electron chi connectivity index (χ2n) is 8.34. The van der Waals surface area contributed by atoms with E-state index in [1.54, 1.807) is 19.1 Å². The minimum absolute atomic E-state index is 0.186. The summed E-state index contributed by atoms with van der Waals surface area (Å²) in [6, 6.07) is 25.7. The van der Waals surface area contributed by atoms with Gasteiger partial charge in [0.15, 0.2) is 0 Å². The van der Waals surface area contributed by atoms with Crippen molar-refractivity contribution in [2.75, 3.05) is 5.32 Å². The van der Waals surface area contributed by atoms with Crippen LogP contribution in [0.25, 0.3) is 22.4 Å². The van der Waals surface area contributed by atoms with Crippen molar-refractivity contribution in [2.45, 2.75) is 31.0 Å². The number of nitrogens with one attached hydrogen (secondary N) is 1. The van der Waals surface area contributed by atoms with E-state index < -0.39 is 5.25 Å². The van der Waals surface area contributed by atoms with E-state index in [9.17, 15) is 14.4 Å². The predicted molar refractivity (Wildman–Crippen MR) is 140 cm³/mol. The molecule has 0 bridgehead atoms. The molecule has 4 rings (SSSR count). The molecule has 0 saturated carbocycles. The number of carbonyl (C=O) groups is 1. The number of rotatable bonds is 6. The SMILES string of the molecule is Cc1ccc(NC(=O)C(C)Sc2nc(-c3ccc(F)cc3)cc(-c3ccc(C)cc3)c2C#N)cc1. The van der Waals surface area contributed by atoms with Gasteiger partial charge in [0, 0.05) is 16.8 Å². The number of carbonyl (C=O) groups excluding carboxylic acids is 1. The number of pyridine rings is 1. The molecular weight excluding hydrogens is 457 g/mol. The Morgan fingerprint density at radius 2 is 1.51 bits per heavy atom. The Hall–Kier alpha value is -3.95. The van der Waals surface area contributed by atoms with E-state index in [0.717, 1.165) is 27.8 Å². The first-order chi connectivity index (χ1) is 16.8. The van der Waals surface area contributed by atoms with Crippen LogP contribution in [0.4, 0.5) is 10.1 Å². The van der Waals surface area contributed by atoms with Crippen LogP contribution in [0.15, 0.2) is 83.9 Å². The molecule has 1 N–H and O–H groups in total. The van der Waals surface area contributed by atoms with Crippen LogP contribution >= 0.6 is 11.8 Å². The molecular formula is C29H24FN3OS. The van der Waals surface area contributed by atoms with Crippen molar-refractivity contribution in [3.8, 4) is 28.5 Å². The molecule has 6 heteroatoms. The van der Waals surface area contributed by atoms with Crippen molar-refractivity contribution in [3.05, 3.63) is 101 Å². The number of halogens is 1. The Balaban J connectivity index is 1.73. The number of amides is 1. The summed E-state index contributed by atoms with van der Waals surface area (Å²) >= 11 is 1.23. The van der Waals surface area contributed by atoms with Crippen molar-refractivity contribution < 1.29 is 9.18 Å². The fourth-order valence-corrected chi connectivity index (χ4v) is 4.47. The molecule has 1 atom stereocenters. The maximum Gasteiger partial charge on any atom is 0.237 e. The van der Waals surface area contributed by atoms with Gasteiger partial charge in [0.2, 0.25) is 5.91 Å². The van der Waals surface area contributed by atoms with Crippen LogP contribution in [0.3, 0.4) is 0 Å². The van der Waals surface area contributed by atoms with Gasteiger partial charge in [-0.25, -0.2) is 9.37 Å². The number of hydrogen-bond acceptors (Lipinski definition) is 4. The summed E-state index contributed by atoms with van der Waals surface area (Å²) in [5.41, 5.74) is 6.25. The fraction of sp³-hybridized carbons (Fsp3) is 0.138. The lowest BCUT2D eigenvalue weighted by atomic mass is 9.98. The molecule has 4 nitrogen and oxygen atoms in total. The lowest BCUT2D eigenvalue weighted by Crippen LogP contribution is -2.22. The zero-order chi connectivity index (χ0) is 24.9. The molecule has 0 aliphatic carbocycles. The Morgan fingerprint density at radius 3 is 2.11 bits per heavy atom. The van der Waals surface area contributed by atoms with Crippen LogP contribution in [0.5, 0.6) is 0 Å². The van der Waals surface area contributed by atoms with Crippen molar-refractivity contribution in [2.24, 2.45) is 0 Å². The number of thioether (sulfide) groups is 1. The molecule has 1 amide bonds. The minimum Gasteiger partial charge on any atom is -0.325 e. The van der Waals surface area contributed by atoms with Crippen molar-refractivity contribution >= 4 is 23.4 Å². The van der Waals surface area contributed by atoms with Crippen molar-refractivity contribution in [1.29, 1.82) is 5.26 Å². The molecule has 0 spiro atoms. The molecule has 35 heavy (non-hydrogen) atoms. The second-order valence-corrected chi connectivity index (χ2v) is 9.66. The van der Waals surface area contributed by atoms with Crippen LogP contribution in [0.2, 0.25) is 0 Å². The van der Waals surface area contributed by atoms with Crippen LogP contribution in [-0.2, 0) is 4.79 Å². The van der Waals surface area contributed by atoms with Gasteiger partial charge in [-0.1, -0.05) is 59.3 Å². The number of nitrogens with zero attached hydrogens (tertiary/aromatic N) is 2. The van der Waals surface area contributed by atoms with E-state index in [0.29, 0.717) is 22.0 Å². The number of anilines is 1. The van der Waals surface area contributed by atoms with Crippen molar-refractivity contribution in [1.82, 2.24) is 4.98 Å². The molecule has 1 unspecified atom stereocenters. The molecule has 4 aromatic rings.